The van der Waals surface area contributed by atoms with Gasteiger partial charge in [-0.15, -0.1) is 0 Å². The van der Waals surface area contributed by atoms with Crippen LogP contribution in [0.1, 0.15) is 31.0 Å². The van der Waals surface area contributed by atoms with Crippen LogP contribution in [0.25, 0.3) is 11.0 Å². The molecule has 0 radical (unpaired) electrons. The fourth-order valence-corrected chi connectivity index (χ4v) is 5.13. The van der Waals surface area contributed by atoms with Gasteiger partial charge in [0.2, 0.25) is 0 Å². The van der Waals surface area contributed by atoms with Gasteiger partial charge in [0.25, 0.3) is 0 Å². The fraction of sp³-hybridized carbons (Fsp3) is 0.533. The largest absolute Gasteiger partial charge is 0.399 e. The Morgan fingerprint density at radius 2 is 2.10 bits per heavy atom. The highest BCUT2D eigenvalue weighted by molar-refractivity contribution is 7.91. The van der Waals surface area contributed by atoms with Crippen LogP contribution in [0.5, 0.6) is 0 Å². The molecule has 0 bridgehead atoms. The Morgan fingerprint density at radius 1 is 1.29 bits per heavy atom. The molecule has 0 amide bonds. The van der Waals surface area contributed by atoms with Crippen LogP contribution >= 0.6 is 0 Å². The highest BCUT2D eigenvalue weighted by Gasteiger charge is 2.33. The van der Waals surface area contributed by atoms with Crippen LogP contribution in [0.3, 0.4) is 0 Å². The minimum absolute atomic E-state index is 0.211. The second kappa shape index (κ2) is 4.47. The predicted octanol–water partition coefficient (Wildman–Crippen LogP) is 1.93. The summed E-state index contributed by atoms with van der Waals surface area (Å²) in [6.07, 6.45) is 3.13. The molecule has 2 aliphatic rings. The van der Waals surface area contributed by atoms with Gasteiger partial charge in [-0.25, -0.2) is 13.4 Å². The highest BCUT2D eigenvalue weighted by atomic mass is 32.2. The number of nitrogens with two attached hydrogens (primary N) is 1. The molecule has 1 saturated carbocycles. The fourth-order valence-electron chi connectivity index (χ4n) is 3.28. The van der Waals surface area contributed by atoms with Crippen LogP contribution in [-0.2, 0) is 16.4 Å². The molecule has 1 atom stereocenters. The van der Waals surface area contributed by atoms with E-state index in [9.17, 15) is 8.42 Å². The van der Waals surface area contributed by atoms with Crippen molar-refractivity contribution in [1.29, 1.82) is 0 Å². The first-order valence-electron chi connectivity index (χ1n) is 7.48. The molecule has 2 N–H and O–H groups in total. The number of fused-ring (bicyclic) bond motifs is 1. The third kappa shape index (κ3) is 2.41. The molecule has 1 aliphatic carbocycles. The van der Waals surface area contributed by atoms with Crippen LogP contribution in [0.4, 0.5) is 5.69 Å². The standard InChI is InChI=1S/C15H19N3O2S/c16-12-3-4-14-13(7-12)17-15(11-1-2-11)18(14)8-10-5-6-21(19,20)9-10/h3-4,7,10-11H,1-2,5-6,8-9,16H2. The van der Waals surface area contributed by atoms with Crippen LogP contribution < -0.4 is 5.73 Å². The average Bonchev–Trinajstić information content (AvgIpc) is 3.12. The van der Waals surface area contributed by atoms with Crippen molar-refractivity contribution in [1.82, 2.24) is 9.55 Å². The van der Waals surface area contributed by atoms with Gasteiger partial charge in [0.05, 0.1) is 22.5 Å². The van der Waals surface area contributed by atoms with E-state index in [2.05, 4.69) is 4.57 Å². The second-order valence-electron chi connectivity index (χ2n) is 6.37. The van der Waals surface area contributed by atoms with Crippen molar-refractivity contribution in [2.45, 2.75) is 31.7 Å². The maximum absolute atomic E-state index is 11.7. The lowest BCUT2D eigenvalue weighted by atomic mass is 10.1. The Hall–Kier alpha value is -1.56. The number of hydrogen-bond acceptors (Lipinski definition) is 4. The first-order valence-corrected chi connectivity index (χ1v) is 9.30. The molecular formula is C15H19N3O2S. The molecule has 6 heteroatoms. The minimum atomic E-state index is -2.83. The maximum atomic E-state index is 11.7. The van der Waals surface area contributed by atoms with Crippen molar-refractivity contribution >= 4 is 26.6 Å². The van der Waals surface area contributed by atoms with E-state index >= 15 is 0 Å². The van der Waals surface area contributed by atoms with Gasteiger partial charge in [-0.05, 0) is 43.4 Å². The molecule has 2 fully saturated rings. The van der Waals surface area contributed by atoms with Crippen molar-refractivity contribution in [2.24, 2.45) is 5.92 Å². The summed E-state index contributed by atoms with van der Waals surface area (Å²) in [5.74, 6) is 2.50. The molecule has 1 aliphatic heterocycles. The van der Waals surface area contributed by atoms with E-state index < -0.39 is 9.84 Å². The van der Waals surface area contributed by atoms with Gasteiger partial charge < -0.3 is 10.3 Å². The summed E-state index contributed by atoms with van der Waals surface area (Å²) < 4.78 is 25.6. The zero-order valence-corrected chi connectivity index (χ0v) is 12.6. The van der Waals surface area contributed by atoms with Gasteiger partial charge in [0, 0.05) is 18.2 Å². The van der Waals surface area contributed by atoms with Gasteiger partial charge in [-0.3, -0.25) is 0 Å². The number of imidazole rings is 1. The lowest BCUT2D eigenvalue weighted by molar-refractivity contribution is 0.487. The maximum Gasteiger partial charge on any atom is 0.150 e. The van der Waals surface area contributed by atoms with Gasteiger partial charge >= 0.3 is 0 Å². The second-order valence-corrected chi connectivity index (χ2v) is 8.60. The van der Waals surface area contributed by atoms with Crippen molar-refractivity contribution in [3.05, 3.63) is 24.0 Å². The minimum Gasteiger partial charge on any atom is -0.399 e. The number of aromatic nitrogens is 2. The SMILES string of the molecule is Nc1ccc2c(c1)nc(C1CC1)n2CC1CCS(=O)(=O)C1. The Morgan fingerprint density at radius 3 is 2.76 bits per heavy atom. The van der Waals surface area contributed by atoms with Crippen LogP contribution in [0.2, 0.25) is 0 Å². The number of rotatable bonds is 3. The molecule has 1 aromatic heterocycles. The lowest BCUT2D eigenvalue weighted by Gasteiger charge is -2.13. The topological polar surface area (TPSA) is 78.0 Å². The van der Waals surface area contributed by atoms with E-state index in [0.29, 0.717) is 17.4 Å². The lowest BCUT2D eigenvalue weighted by Crippen LogP contribution is -2.14. The van der Waals surface area contributed by atoms with Gasteiger partial charge in [-0.1, -0.05) is 0 Å². The van der Waals surface area contributed by atoms with E-state index in [1.807, 2.05) is 18.2 Å². The zero-order valence-electron chi connectivity index (χ0n) is 11.8. The molecular weight excluding hydrogens is 286 g/mol. The Balaban J connectivity index is 1.74. The Labute approximate surface area is 124 Å². The number of nitrogen functional groups attached to an aromatic ring is 1. The molecule has 21 heavy (non-hydrogen) atoms. The number of nitrogens with zero attached hydrogens (tertiary/aromatic N) is 2. The van der Waals surface area contributed by atoms with Gasteiger partial charge in [-0.2, -0.15) is 0 Å². The van der Waals surface area contributed by atoms with E-state index in [1.165, 1.54) is 12.8 Å². The van der Waals surface area contributed by atoms with Crippen molar-refractivity contribution < 1.29 is 8.42 Å². The highest BCUT2D eigenvalue weighted by Crippen LogP contribution is 2.41. The molecule has 2 heterocycles. The summed E-state index contributed by atoms with van der Waals surface area (Å²) in [4.78, 5) is 4.75. The van der Waals surface area contributed by atoms with Gasteiger partial charge in [0.1, 0.15) is 5.82 Å². The smallest absolute Gasteiger partial charge is 0.150 e. The summed E-state index contributed by atoms with van der Waals surface area (Å²) in [7, 11) is -2.83. The monoisotopic (exact) mass is 305 g/mol. The van der Waals surface area contributed by atoms with Crippen molar-refractivity contribution in [3.8, 4) is 0 Å². The summed E-state index contributed by atoms with van der Waals surface area (Å²) in [5.41, 5.74) is 8.57. The van der Waals surface area contributed by atoms with Crippen LogP contribution in [0.15, 0.2) is 18.2 Å². The molecule has 2 aromatic rings. The number of benzene rings is 1. The zero-order chi connectivity index (χ0) is 14.6. The third-order valence-corrected chi connectivity index (χ3v) is 6.35. The van der Waals surface area contributed by atoms with E-state index in [4.69, 9.17) is 10.7 Å². The molecule has 1 unspecified atom stereocenters. The molecule has 0 spiro atoms. The first-order chi connectivity index (χ1) is 10.0. The predicted molar refractivity (Wildman–Crippen MR) is 82.9 cm³/mol. The molecule has 5 nitrogen and oxygen atoms in total. The third-order valence-electron chi connectivity index (χ3n) is 4.51. The quantitative estimate of drug-likeness (QED) is 0.879. The first kappa shape index (κ1) is 13.1. The summed E-state index contributed by atoms with van der Waals surface area (Å²) in [6.45, 7) is 0.755. The number of sulfone groups is 1. The van der Waals surface area contributed by atoms with E-state index in [-0.39, 0.29) is 5.92 Å². The van der Waals surface area contributed by atoms with E-state index in [0.717, 1.165) is 35.5 Å². The Bertz CT molecular complexity index is 806. The Kier molecular flexibility index (Phi) is 2.79. The van der Waals surface area contributed by atoms with Gasteiger partial charge in [0.15, 0.2) is 9.84 Å². The van der Waals surface area contributed by atoms with Crippen LogP contribution in [-0.4, -0.2) is 29.5 Å². The summed E-state index contributed by atoms with van der Waals surface area (Å²) in [6, 6.07) is 5.80. The van der Waals surface area contributed by atoms with Crippen LogP contribution in [0, 0.1) is 5.92 Å². The van der Waals surface area contributed by atoms with E-state index in [1.54, 1.807) is 0 Å². The number of anilines is 1. The number of hydrogen-bond donors (Lipinski definition) is 1. The molecule has 112 valence electrons. The molecule has 4 rings (SSSR count). The summed E-state index contributed by atoms with van der Waals surface area (Å²) in [5, 5.41) is 0. The molecule has 1 aromatic carbocycles. The van der Waals surface area contributed by atoms with Crippen molar-refractivity contribution in [2.75, 3.05) is 17.2 Å². The molecule has 1 saturated heterocycles. The van der Waals surface area contributed by atoms with Crippen molar-refractivity contribution in [3.63, 3.8) is 0 Å². The summed E-state index contributed by atoms with van der Waals surface area (Å²) >= 11 is 0. The average molecular weight is 305 g/mol. The normalized spacial score (nSPS) is 24.7.